The van der Waals surface area contributed by atoms with Gasteiger partial charge in [0.1, 0.15) is 11.9 Å². The van der Waals surface area contributed by atoms with Crippen LogP contribution in [0.2, 0.25) is 0 Å². The van der Waals surface area contributed by atoms with Crippen LogP contribution in [0.1, 0.15) is 11.9 Å². The van der Waals surface area contributed by atoms with Gasteiger partial charge in [-0.05, 0) is 6.07 Å². The Morgan fingerprint density at radius 2 is 2.00 bits per heavy atom. The highest BCUT2D eigenvalue weighted by molar-refractivity contribution is 5.30. The van der Waals surface area contributed by atoms with Crippen LogP contribution in [0.25, 0.3) is 0 Å². The summed E-state index contributed by atoms with van der Waals surface area (Å²) in [5.41, 5.74) is 0.662. The fourth-order valence-corrected chi connectivity index (χ4v) is 1.04. The lowest BCUT2D eigenvalue weighted by atomic mass is 10.2. The first kappa shape index (κ1) is 9.95. The quantitative estimate of drug-likeness (QED) is 0.655. The molecule has 1 aromatic rings. The number of pyridine rings is 1. The molecule has 13 heavy (non-hydrogen) atoms. The van der Waals surface area contributed by atoms with Crippen LogP contribution in [0.4, 0.5) is 0 Å². The third kappa shape index (κ3) is 2.17. The molecule has 0 aliphatic rings. The molecular weight excluding hydrogens is 170 g/mol. The summed E-state index contributed by atoms with van der Waals surface area (Å²) in [7, 11) is 4.68. The molecule has 0 atom stereocenters. The van der Waals surface area contributed by atoms with E-state index in [1.54, 1.807) is 33.6 Å². The highest BCUT2D eigenvalue weighted by atomic mass is 16.7. The van der Waals surface area contributed by atoms with E-state index in [4.69, 9.17) is 14.2 Å². The molecule has 1 radical (unpaired) electrons. The summed E-state index contributed by atoms with van der Waals surface area (Å²) in [6, 6.07) is 1.73. The van der Waals surface area contributed by atoms with E-state index in [1.165, 1.54) is 0 Å². The van der Waals surface area contributed by atoms with Crippen molar-refractivity contribution in [1.82, 2.24) is 4.98 Å². The highest BCUT2D eigenvalue weighted by Gasteiger charge is 2.14. The van der Waals surface area contributed by atoms with Crippen LogP contribution >= 0.6 is 0 Å². The van der Waals surface area contributed by atoms with Gasteiger partial charge in [-0.3, -0.25) is 4.98 Å². The van der Waals surface area contributed by atoms with Crippen LogP contribution in [0.5, 0.6) is 5.75 Å². The van der Waals surface area contributed by atoms with E-state index in [1.807, 2.05) is 0 Å². The Bertz CT molecular complexity index is 261. The van der Waals surface area contributed by atoms with Crippen LogP contribution in [0.3, 0.4) is 0 Å². The Kier molecular flexibility index (Phi) is 3.67. The molecule has 1 heterocycles. The third-order valence-corrected chi connectivity index (χ3v) is 1.63. The molecule has 0 fully saturated rings. The van der Waals surface area contributed by atoms with Crippen molar-refractivity contribution in [1.29, 1.82) is 0 Å². The van der Waals surface area contributed by atoms with Gasteiger partial charge in [0.15, 0.2) is 6.29 Å². The molecule has 0 amide bonds. The molecular formula is C9H12NO3. The average Bonchev–Trinajstić information content (AvgIpc) is 2.20. The summed E-state index contributed by atoms with van der Waals surface area (Å²) >= 11 is 0. The van der Waals surface area contributed by atoms with Gasteiger partial charge in [0.05, 0.1) is 12.7 Å². The summed E-state index contributed by atoms with van der Waals surface area (Å²) in [4.78, 5) is 3.85. The molecule has 0 aliphatic heterocycles. The van der Waals surface area contributed by atoms with Gasteiger partial charge in [-0.2, -0.15) is 0 Å². The zero-order chi connectivity index (χ0) is 9.68. The fourth-order valence-electron chi connectivity index (χ4n) is 1.04. The molecule has 0 saturated carbocycles. The lowest BCUT2D eigenvalue weighted by Gasteiger charge is -2.15. The second kappa shape index (κ2) is 4.79. The Labute approximate surface area is 77.5 Å². The minimum Gasteiger partial charge on any atom is -0.496 e. The summed E-state index contributed by atoms with van der Waals surface area (Å²) in [6.45, 7) is 0. The largest absolute Gasteiger partial charge is 0.496 e. The van der Waals surface area contributed by atoms with Crippen LogP contribution < -0.4 is 4.74 Å². The Balaban J connectivity index is 2.96. The van der Waals surface area contributed by atoms with E-state index in [2.05, 4.69) is 11.2 Å². The molecule has 1 rings (SSSR count). The highest BCUT2D eigenvalue weighted by Crippen LogP contribution is 2.25. The predicted octanol–water partition coefficient (Wildman–Crippen LogP) is 1.18. The van der Waals surface area contributed by atoms with Gasteiger partial charge >= 0.3 is 0 Å². The second-order valence-electron chi connectivity index (χ2n) is 2.34. The molecule has 4 nitrogen and oxygen atoms in total. The van der Waals surface area contributed by atoms with Crippen LogP contribution in [0.15, 0.2) is 12.3 Å². The standard InChI is InChI=1S/C9H12NO3/c1-11-8-4-5-10-6-7(8)9(12-2)13-3/h4-5,9H,1-3H3. The number of methoxy groups -OCH3 is 3. The fraction of sp³-hybridized carbons (Fsp3) is 0.444. The SMILES string of the molecule is COc1ccn[c]c1C(OC)OC. The smallest absolute Gasteiger partial charge is 0.188 e. The number of nitrogens with zero attached hydrogens (tertiary/aromatic N) is 1. The van der Waals surface area contributed by atoms with Crippen molar-refractivity contribution in [3.63, 3.8) is 0 Å². The number of rotatable bonds is 4. The van der Waals surface area contributed by atoms with Gasteiger partial charge < -0.3 is 14.2 Å². The maximum atomic E-state index is 5.10. The van der Waals surface area contributed by atoms with Crippen LogP contribution in [-0.2, 0) is 9.47 Å². The van der Waals surface area contributed by atoms with Gasteiger partial charge in [-0.15, -0.1) is 0 Å². The normalized spacial score (nSPS) is 10.5. The summed E-state index contributed by atoms with van der Waals surface area (Å²) < 4.78 is 15.2. The molecule has 0 bridgehead atoms. The molecule has 0 saturated heterocycles. The van der Waals surface area contributed by atoms with Gasteiger partial charge in [-0.25, -0.2) is 0 Å². The molecule has 71 valence electrons. The molecule has 0 spiro atoms. The Morgan fingerprint density at radius 1 is 1.31 bits per heavy atom. The monoisotopic (exact) mass is 182 g/mol. The first-order chi connectivity index (χ1) is 6.33. The van der Waals surface area contributed by atoms with Gasteiger partial charge in [0.25, 0.3) is 0 Å². The Hall–Kier alpha value is -1.13. The van der Waals surface area contributed by atoms with Crippen molar-refractivity contribution in [3.8, 4) is 5.75 Å². The van der Waals surface area contributed by atoms with E-state index in [9.17, 15) is 0 Å². The number of ether oxygens (including phenoxy) is 3. The predicted molar refractivity (Wildman–Crippen MR) is 46.4 cm³/mol. The van der Waals surface area contributed by atoms with E-state index >= 15 is 0 Å². The van der Waals surface area contributed by atoms with Crippen molar-refractivity contribution >= 4 is 0 Å². The van der Waals surface area contributed by atoms with E-state index in [0.717, 1.165) is 0 Å². The minimum absolute atomic E-state index is 0.483. The topological polar surface area (TPSA) is 40.6 Å². The number of aromatic nitrogens is 1. The van der Waals surface area contributed by atoms with Crippen molar-refractivity contribution in [2.75, 3.05) is 21.3 Å². The first-order valence-electron chi connectivity index (χ1n) is 3.79. The molecule has 4 heteroatoms. The summed E-state index contributed by atoms with van der Waals surface area (Å²) in [5.74, 6) is 0.656. The molecule has 0 N–H and O–H groups in total. The zero-order valence-electron chi connectivity index (χ0n) is 7.90. The van der Waals surface area contributed by atoms with Crippen molar-refractivity contribution in [2.45, 2.75) is 6.29 Å². The van der Waals surface area contributed by atoms with Crippen LogP contribution in [0, 0.1) is 6.20 Å². The second-order valence-corrected chi connectivity index (χ2v) is 2.34. The van der Waals surface area contributed by atoms with Crippen molar-refractivity contribution in [2.24, 2.45) is 0 Å². The van der Waals surface area contributed by atoms with Gasteiger partial charge in [0.2, 0.25) is 0 Å². The van der Waals surface area contributed by atoms with Crippen molar-refractivity contribution in [3.05, 3.63) is 24.0 Å². The van der Waals surface area contributed by atoms with Crippen molar-refractivity contribution < 1.29 is 14.2 Å². The molecule has 0 aliphatic carbocycles. The molecule has 1 aromatic heterocycles. The van der Waals surface area contributed by atoms with E-state index in [0.29, 0.717) is 11.3 Å². The third-order valence-electron chi connectivity index (χ3n) is 1.63. The minimum atomic E-state index is -0.483. The van der Waals surface area contributed by atoms with Gasteiger partial charge in [0, 0.05) is 20.4 Å². The molecule has 0 unspecified atom stereocenters. The Morgan fingerprint density at radius 3 is 2.54 bits per heavy atom. The average molecular weight is 182 g/mol. The maximum Gasteiger partial charge on any atom is 0.188 e. The number of hydrogen-bond donors (Lipinski definition) is 0. The summed E-state index contributed by atoms with van der Waals surface area (Å²) in [5, 5.41) is 0. The molecule has 0 aromatic carbocycles. The van der Waals surface area contributed by atoms with E-state index in [-0.39, 0.29) is 0 Å². The van der Waals surface area contributed by atoms with Gasteiger partial charge in [-0.1, -0.05) is 0 Å². The number of hydrogen-bond acceptors (Lipinski definition) is 4. The lowest BCUT2D eigenvalue weighted by Crippen LogP contribution is -2.06. The zero-order valence-corrected chi connectivity index (χ0v) is 7.90. The lowest BCUT2D eigenvalue weighted by molar-refractivity contribution is -0.107. The maximum absolute atomic E-state index is 5.10. The van der Waals surface area contributed by atoms with Crippen LogP contribution in [-0.4, -0.2) is 26.3 Å². The van der Waals surface area contributed by atoms with E-state index < -0.39 is 6.29 Å². The first-order valence-corrected chi connectivity index (χ1v) is 3.79. The summed E-state index contributed by atoms with van der Waals surface area (Å²) in [6.07, 6.45) is 3.88.